The van der Waals surface area contributed by atoms with Gasteiger partial charge in [-0.05, 0) is 24.5 Å². The number of benzene rings is 1. The second-order valence-corrected chi connectivity index (χ2v) is 4.84. The SMILES string of the molecule is CCCC(C)CNc1cc(Cl)c(F)c(Cl)c1. The van der Waals surface area contributed by atoms with E-state index in [0.717, 1.165) is 25.1 Å². The molecule has 0 heterocycles. The number of nitrogens with one attached hydrogen (secondary N) is 1. The smallest absolute Gasteiger partial charge is 0.160 e. The highest BCUT2D eigenvalue weighted by Gasteiger charge is 2.08. The van der Waals surface area contributed by atoms with E-state index in [-0.39, 0.29) is 10.0 Å². The van der Waals surface area contributed by atoms with E-state index in [9.17, 15) is 4.39 Å². The number of halogens is 3. The number of anilines is 1. The summed E-state index contributed by atoms with van der Waals surface area (Å²) in [6, 6.07) is 3.11. The summed E-state index contributed by atoms with van der Waals surface area (Å²) in [7, 11) is 0. The molecule has 0 aliphatic heterocycles. The van der Waals surface area contributed by atoms with Crippen molar-refractivity contribution in [1.82, 2.24) is 0 Å². The van der Waals surface area contributed by atoms with Gasteiger partial charge in [-0.15, -0.1) is 0 Å². The van der Waals surface area contributed by atoms with E-state index in [1.165, 1.54) is 0 Å². The van der Waals surface area contributed by atoms with Crippen LogP contribution in [0.2, 0.25) is 10.0 Å². The zero-order valence-electron chi connectivity index (χ0n) is 9.49. The van der Waals surface area contributed by atoms with Crippen LogP contribution < -0.4 is 5.32 Å². The van der Waals surface area contributed by atoms with Crippen molar-refractivity contribution in [2.45, 2.75) is 26.7 Å². The highest BCUT2D eigenvalue weighted by Crippen LogP contribution is 2.27. The predicted molar refractivity (Wildman–Crippen MR) is 69.0 cm³/mol. The van der Waals surface area contributed by atoms with Gasteiger partial charge in [-0.1, -0.05) is 43.5 Å². The molecule has 0 fully saturated rings. The van der Waals surface area contributed by atoms with Gasteiger partial charge in [0.05, 0.1) is 10.0 Å². The Morgan fingerprint density at radius 2 is 1.88 bits per heavy atom. The van der Waals surface area contributed by atoms with E-state index in [4.69, 9.17) is 23.2 Å². The summed E-state index contributed by atoms with van der Waals surface area (Å²) in [6.07, 6.45) is 2.32. The van der Waals surface area contributed by atoms with Crippen LogP contribution in [-0.4, -0.2) is 6.54 Å². The molecular weight excluding hydrogens is 248 g/mol. The van der Waals surface area contributed by atoms with Crippen LogP contribution in [0.25, 0.3) is 0 Å². The van der Waals surface area contributed by atoms with Crippen LogP contribution in [0, 0.1) is 11.7 Å². The Hall–Kier alpha value is -0.470. The Balaban J connectivity index is 2.61. The lowest BCUT2D eigenvalue weighted by Gasteiger charge is -2.13. The fourth-order valence-electron chi connectivity index (χ4n) is 1.54. The summed E-state index contributed by atoms with van der Waals surface area (Å²) in [5, 5.41) is 3.31. The van der Waals surface area contributed by atoms with Crippen molar-refractivity contribution < 1.29 is 4.39 Å². The average molecular weight is 264 g/mol. The Morgan fingerprint density at radius 1 is 1.31 bits per heavy atom. The third-order valence-corrected chi connectivity index (χ3v) is 2.97. The molecular formula is C12H16Cl2FN. The molecule has 0 bridgehead atoms. The van der Waals surface area contributed by atoms with Crippen molar-refractivity contribution in [3.8, 4) is 0 Å². The minimum absolute atomic E-state index is 0.0538. The molecule has 1 aromatic carbocycles. The molecule has 90 valence electrons. The lowest BCUT2D eigenvalue weighted by Crippen LogP contribution is -2.11. The van der Waals surface area contributed by atoms with Gasteiger partial charge in [-0.3, -0.25) is 0 Å². The maximum absolute atomic E-state index is 13.1. The summed E-state index contributed by atoms with van der Waals surface area (Å²) >= 11 is 11.4. The van der Waals surface area contributed by atoms with E-state index >= 15 is 0 Å². The minimum atomic E-state index is -0.560. The van der Waals surface area contributed by atoms with E-state index < -0.39 is 5.82 Å². The lowest BCUT2D eigenvalue weighted by atomic mass is 10.1. The number of hydrogen-bond acceptors (Lipinski definition) is 1. The van der Waals surface area contributed by atoms with Gasteiger partial charge in [0.1, 0.15) is 0 Å². The van der Waals surface area contributed by atoms with Gasteiger partial charge >= 0.3 is 0 Å². The summed E-state index contributed by atoms with van der Waals surface area (Å²) in [5.74, 6) is 0.0168. The van der Waals surface area contributed by atoms with Crippen molar-refractivity contribution in [2.24, 2.45) is 5.92 Å². The largest absolute Gasteiger partial charge is 0.385 e. The molecule has 1 rings (SSSR count). The van der Waals surface area contributed by atoms with Crippen molar-refractivity contribution in [3.63, 3.8) is 0 Å². The van der Waals surface area contributed by atoms with Crippen molar-refractivity contribution in [3.05, 3.63) is 28.0 Å². The van der Waals surface area contributed by atoms with Gasteiger partial charge in [0, 0.05) is 12.2 Å². The molecule has 0 aromatic heterocycles. The second-order valence-electron chi connectivity index (χ2n) is 4.03. The molecule has 1 N–H and O–H groups in total. The van der Waals surface area contributed by atoms with Crippen LogP contribution in [0.5, 0.6) is 0 Å². The Morgan fingerprint density at radius 3 is 2.38 bits per heavy atom. The predicted octanol–water partition coefficient (Wildman–Crippen LogP) is 4.98. The first-order valence-electron chi connectivity index (χ1n) is 5.43. The molecule has 1 aromatic rings. The van der Waals surface area contributed by atoms with Gasteiger partial charge in [0.25, 0.3) is 0 Å². The zero-order chi connectivity index (χ0) is 12.1. The van der Waals surface area contributed by atoms with Gasteiger partial charge in [0.15, 0.2) is 5.82 Å². The van der Waals surface area contributed by atoms with Crippen LogP contribution >= 0.6 is 23.2 Å². The van der Waals surface area contributed by atoms with E-state index in [1.807, 2.05) is 0 Å². The molecule has 0 radical (unpaired) electrons. The van der Waals surface area contributed by atoms with Gasteiger partial charge in [-0.2, -0.15) is 0 Å². The summed E-state index contributed by atoms with van der Waals surface area (Å²) < 4.78 is 13.1. The normalized spacial score (nSPS) is 12.6. The third kappa shape index (κ3) is 3.84. The Labute approximate surface area is 106 Å². The first-order chi connectivity index (χ1) is 7.54. The quantitative estimate of drug-likeness (QED) is 0.739. The third-order valence-electron chi connectivity index (χ3n) is 2.42. The molecule has 1 unspecified atom stereocenters. The summed E-state index contributed by atoms with van der Waals surface area (Å²) in [6.45, 7) is 5.16. The van der Waals surface area contributed by atoms with Crippen molar-refractivity contribution in [2.75, 3.05) is 11.9 Å². The zero-order valence-corrected chi connectivity index (χ0v) is 11.0. The van der Waals surface area contributed by atoms with Crippen LogP contribution in [0.4, 0.5) is 10.1 Å². The Bertz CT molecular complexity index is 332. The minimum Gasteiger partial charge on any atom is -0.385 e. The standard InChI is InChI=1S/C12H16Cl2FN/c1-3-4-8(2)7-16-9-5-10(13)12(15)11(14)6-9/h5-6,8,16H,3-4,7H2,1-2H3. The number of hydrogen-bond donors (Lipinski definition) is 1. The highest BCUT2D eigenvalue weighted by atomic mass is 35.5. The first kappa shape index (κ1) is 13.6. The van der Waals surface area contributed by atoms with Crippen LogP contribution in [0.1, 0.15) is 26.7 Å². The molecule has 4 heteroatoms. The van der Waals surface area contributed by atoms with Gasteiger partial charge in [0.2, 0.25) is 0 Å². The molecule has 1 nitrogen and oxygen atoms in total. The monoisotopic (exact) mass is 263 g/mol. The topological polar surface area (TPSA) is 12.0 Å². The maximum Gasteiger partial charge on any atom is 0.160 e. The van der Waals surface area contributed by atoms with Crippen LogP contribution in [-0.2, 0) is 0 Å². The van der Waals surface area contributed by atoms with E-state index in [1.54, 1.807) is 12.1 Å². The molecule has 0 aliphatic rings. The van der Waals surface area contributed by atoms with Crippen molar-refractivity contribution >= 4 is 28.9 Å². The summed E-state index contributed by atoms with van der Waals surface area (Å²) in [4.78, 5) is 0. The fraction of sp³-hybridized carbons (Fsp3) is 0.500. The molecule has 1 atom stereocenters. The van der Waals surface area contributed by atoms with Crippen LogP contribution in [0.15, 0.2) is 12.1 Å². The molecule has 0 saturated heterocycles. The van der Waals surface area contributed by atoms with E-state index in [0.29, 0.717) is 5.92 Å². The molecule has 0 saturated carbocycles. The maximum atomic E-state index is 13.1. The second kappa shape index (κ2) is 6.31. The molecule has 0 aliphatic carbocycles. The fourth-order valence-corrected chi connectivity index (χ4v) is 2.03. The van der Waals surface area contributed by atoms with Crippen molar-refractivity contribution in [1.29, 1.82) is 0 Å². The van der Waals surface area contributed by atoms with Gasteiger partial charge < -0.3 is 5.32 Å². The van der Waals surface area contributed by atoms with E-state index in [2.05, 4.69) is 19.2 Å². The van der Waals surface area contributed by atoms with Crippen LogP contribution in [0.3, 0.4) is 0 Å². The first-order valence-corrected chi connectivity index (χ1v) is 6.18. The lowest BCUT2D eigenvalue weighted by molar-refractivity contribution is 0.550. The molecule has 16 heavy (non-hydrogen) atoms. The average Bonchev–Trinajstić information content (AvgIpc) is 2.23. The Kier molecular flexibility index (Phi) is 5.36. The highest BCUT2D eigenvalue weighted by molar-refractivity contribution is 6.35. The van der Waals surface area contributed by atoms with Gasteiger partial charge in [-0.25, -0.2) is 4.39 Å². The molecule has 0 spiro atoms. The summed E-state index contributed by atoms with van der Waals surface area (Å²) in [5.41, 5.74) is 0.763. The number of rotatable bonds is 5. The molecule has 0 amide bonds.